The van der Waals surface area contributed by atoms with Gasteiger partial charge in [-0.3, -0.25) is 4.79 Å². The lowest BCUT2D eigenvalue weighted by Gasteiger charge is -2.22. The summed E-state index contributed by atoms with van der Waals surface area (Å²) in [5, 5.41) is 2.77. The van der Waals surface area contributed by atoms with Crippen LogP contribution in [0.25, 0.3) is 0 Å². The third kappa shape index (κ3) is 3.67. The van der Waals surface area contributed by atoms with Gasteiger partial charge in [0.25, 0.3) is 5.91 Å². The number of hydrogen-bond donors (Lipinski definition) is 1. The minimum atomic E-state index is -3.38. The van der Waals surface area contributed by atoms with Gasteiger partial charge in [-0.15, -0.1) is 0 Å². The lowest BCUT2D eigenvalue weighted by Crippen LogP contribution is -2.33. The van der Waals surface area contributed by atoms with Crippen LogP contribution in [0.15, 0.2) is 29.2 Å². The second-order valence-corrected chi connectivity index (χ2v) is 9.19. The summed E-state index contributed by atoms with van der Waals surface area (Å²) in [5.41, 5.74) is 0.576. The Morgan fingerprint density at radius 1 is 1.18 bits per heavy atom. The summed E-state index contributed by atoms with van der Waals surface area (Å²) in [6.45, 7) is 5.61. The SMILES string of the molecule is CC(C)(C)S(=O)(=O)c1ccc(NC(=O)C2CCCCO2)cc1. The maximum absolute atomic E-state index is 12.3. The molecule has 1 saturated heterocycles. The third-order valence-corrected chi connectivity index (χ3v) is 6.22. The third-order valence-electron chi connectivity index (χ3n) is 3.71. The van der Waals surface area contributed by atoms with Crippen molar-refractivity contribution in [3.63, 3.8) is 0 Å². The highest BCUT2D eigenvalue weighted by atomic mass is 32.2. The molecule has 1 aromatic rings. The van der Waals surface area contributed by atoms with E-state index >= 15 is 0 Å². The van der Waals surface area contributed by atoms with Gasteiger partial charge in [-0.1, -0.05) is 0 Å². The van der Waals surface area contributed by atoms with Crippen molar-refractivity contribution in [1.29, 1.82) is 0 Å². The van der Waals surface area contributed by atoms with E-state index in [4.69, 9.17) is 4.74 Å². The summed E-state index contributed by atoms with van der Waals surface area (Å²) < 4.78 is 29.2. The summed E-state index contributed by atoms with van der Waals surface area (Å²) in [7, 11) is -3.38. The highest BCUT2D eigenvalue weighted by molar-refractivity contribution is 7.92. The van der Waals surface area contributed by atoms with Crippen molar-refractivity contribution in [2.24, 2.45) is 0 Å². The van der Waals surface area contributed by atoms with Gasteiger partial charge in [0.15, 0.2) is 9.84 Å². The topological polar surface area (TPSA) is 72.5 Å². The van der Waals surface area contributed by atoms with Crippen LogP contribution in [0.1, 0.15) is 40.0 Å². The largest absolute Gasteiger partial charge is 0.368 e. The van der Waals surface area contributed by atoms with Gasteiger partial charge in [-0.25, -0.2) is 8.42 Å². The van der Waals surface area contributed by atoms with Crippen LogP contribution in [0.4, 0.5) is 5.69 Å². The molecule has 0 radical (unpaired) electrons. The molecule has 1 heterocycles. The Bertz CT molecular complexity index is 623. The maximum atomic E-state index is 12.3. The molecule has 1 aliphatic rings. The van der Waals surface area contributed by atoms with E-state index in [1.54, 1.807) is 32.9 Å². The van der Waals surface area contributed by atoms with Crippen molar-refractivity contribution >= 4 is 21.4 Å². The van der Waals surface area contributed by atoms with E-state index in [1.807, 2.05) is 0 Å². The molecule has 0 aromatic heterocycles. The summed E-state index contributed by atoms with van der Waals surface area (Å²) in [6, 6.07) is 6.27. The summed E-state index contributed by atoms with van der Waals surface area (Å²) in [6.07, 6.45) is 2.29. The Kier molecular flexibility index (Phi) is 4.92. The van der Waals surface area contributed by atoms with Crippen molar-refractivity contribution in [1.82, 2.24) is 0 Å². The number of hydrogen-bond acceptors (Lipinski definition) is 4. The summed E-state index contributed by atoms with van der Waals surface area (Å²) >= 11 is 0. The number of amides is 1. The molecule has 1 aromatic carbocycles. The number of carbonyl (C=O) groups is 1. The van der Waals surface area contributed by atoms with Gasteiger partial charge in [0.1, 0.15) is 6.10 Å². The number of sulfone groups is 1. The molecule has 0 spiro atoms. The zero-order valence-electron chi connectivity index (χ0n) is 13.3. The normalized spacial score (nSPS) is 19.7. The number of rotatable bonds is 3. The van der Waals surface area contributed by atoms with Crippen LogP contribution in [-0.4, -0.2) is 31.8 Å². The van der Waals surface area contributed by atoms with E-state index in [0.717, 1.165) is 19.3 Å². The quantitative estimate of drug-likeness (QED) is 0.927. The highest BCUT2D eigenvalue weighted by Crippen LogP contribution is 2.26. The first kappa shape index (κ1) is 17.0. The molecule has 1 N–H and O–H groups in total. The average Bonchev–Trinajstić information content (AvgIpc) is 2.47. The highest BCUT2D eigenvalue weighted by Gasteiger charge is 2.30. The van der Waals surface area contributed by atoms with Crippen molar-refractivity contribution < 1.29 is 17.9 Å². The van der Waals surface area contributed by atoms with E-state index < -0.39 is 20.7 Å². The van der Waals surface area contributed by atoms with Gasteiger partial charge in [0, 0.05) is 12.3 Å². The first-order valence-corrected chi connectivity index (χ1v) is 8.97. The summed E-state index contributed by atoms with van der Waals surface area (Å²) in [4.78, 5) is 12.3. The van der Waals surface area contributed by atoms with E-state index in [-0.39, 0.29) is 10.8 Å². The first-order valence-electron chi connectivity index (χ1n) is 7.49. The molecule has 1 amide bonds. The molecule has 1 atom stereocenters. The minimum Gasteiger partial charge on any atom is -0.368 e. The average molecular weight is 325 g/mol. The van der Waals surface area contributed by atoms with Gasteiger partial charge < -0.3 is 10.1 Å². The van der Waals surface area contributed by atoms with Crippen LogP contribution in [0, 0.1) is 0 Å². The van der Waals surface area contributed by atoms with E-state index in [1.165, 1.54) is 12.1 Å². The van der Waals surface area contributed by atoms with Gasteiger partial charge in [-0.2, -0.15) is 0 Å². The molecule has 6 heteroatoms. The van der Waals surface area contributed by atoms with Crippen LogP contribution in [0.3, 0.4) is 0 Å². The smallest absolute Gasteiger partial charge is 0.253 e. The van der Waals surface area contributed by atoms with Gasteiger partial charge in [-0.05, 0) is 64.3 Å². The monoisotopic (exact) mass is 325 g/mol. The molecule has 2 rings (SSSR count). The Morgan fingerprint density at radius 2 is 1.82 bits per heavy atom. The molecular weight excluding hydrogens is 302 g/mol. The Hall–Kier alpha value is -1.40. The predicted molar refractivity (Wildman–Crippen MR) is 85.6 cm³/mol. The molecule has 0 saturated carbocycles. The second kappa shape index (κ2) is 6.38. The fraction of sp³-hybridized carbons (Fsp3) is 0.562. The number of benzene rings is 1. The summed E-state index contributed by atoms with van der Waals surface area (Å²) in [5.74, 6) is -0.175. The van der Waals surface area contributed by atoms with E-state index in [2.05, 4.69) is 5.32 Å². The van der Waals surface area contributed by atoms with Gasteiger partial charge >= 0.3 is 0 Å². The maximum Gasteiger partial charge on any atom is 0.253 e. The van der Waals surface area contributed by atoms with Crippen molar-refractivity contribution in [3.05, 3.63) is 24.3 Å². The van der Waals surface area contributed by atoms with Gasteiger partial charge in [0.2, 0.25) is 0 Å². The predicted octanol–water partition coefficient (Wildman–Crippen LogP) is 2.77. The second-order valence-electron chi connectivity index (χ2n) is 6.48. The Balaban J connectivity index is 2.08. The molecule has 1 unspecified atom stereocenters. The van der Waals surface area contributed by atoms with Crippen LogP contribution < -0.4 is 5.32 Å². The van der Waals surface area contributed by atoms with Crippen molar-refractivity contribution in [2.45, 2.75) is 55.8 Å². The van der Waals surface area contributed by atoms with E-state index in [9.17, 15) is 13.2 Å². The first-order chi connectivity index (χ1) is 10.2. The number of ether oxygens (including phenoxy) is 1. The Morgan fingerprint density at radius 3 is 2.32 bits per heavy atom. The number of anilines is 1. The van der Waals surface area contributed by atoms with Crippen LogP contribution in [-0.2, 0) is 19.4 Å². The molecule has 1 fully saturated rings. The number of nitrogens with one attached hydrogen (secondary N) is 1. The standard InChI is InChI=1S/C16H23NO4S/c1-16(2,3)22(19,20)13-9-7-12(8-10-13)17-15(18)14-6-4-5-11-21-14/h7-10,14H,4-6,11H2,1-3H3,(H,17,18). The van der Waals surface area contributed by atoms with E-state index in [0.29, 0.717) is 12.3 Å². The van der Waals surface area contributed by atoms with Crippen molar-refractivity contribution in [3.8, 4) is 0 Å². The lowest BCUT2D eigenvalue weighted by molar-refractivity contribution is -0.129. The molecular formula is C16H23NO4S. The number of carbonyl (C=O) groups excluding carboxylic acids is 1. The lowest BCUT2D eigenvalue weighted by atomic mass is 10.1. The zero-order valence-corrected chi connectivity index (χ0v) is 14.1. The van der Waals surface area contributed by atoms with Crippen LogP contribution >= 0.6 is 0 Å². The molecule has 122 valence electrons. The van der Waals surface area contributed by atoms with Crippen LogP contribution in [0.2, 0.25) is 0 Å². The molecule has 22 heavy (non-hydrogen) atoms. The molecule has 1 aliphatic heterocycles. The fourth-order valence-electron chi connectivity index (χ4n) is 2.24. The Labute approximate surface area is 132 Å². The fourth-order valence-corrected chi connectivity index (χ4v) is 3.44. The van der Waals surface area contributed by atoms with Gasteiger partial charge in [0.05, 0.1) is 9.64 Å². The molecule has 5 nitrogen and oxygen atoms in total. The molecule has 0 bridgehead atoms. The van der Waals surface area contributed by atoms with Crippen molar-refractivity contribution in [2.75, 3.05) is 11.9 Å². The zero-order chi connectivity index (χ0) is 16.4. The van der Waals surface area contributed by atoms with Crippen LogP contribution in [0.5, 0.6) is 0 Å². The minimum absolute atomic E-state index is 0.175. The molecule has 0 aliphatic carbocycles.